The van der Waals surface area contributed by atoms with Gasteiger partial charge in [-0.25, -0.2) is 0 Å². The average molecular weight is 390 g/mol. The molecule has 0 aliphatic heterocycles. The number of nitrogens with zero attached hydrogens (tertiary/aromatic N) is 1. The van der Waals surface area contributed by atoms with Gasteiger partial charge in [-0.1, -0.05) is 75.6 Å². The summed E-state index contributed by atoms with van der Waals surface area (Å²) in [5.74, 6) is 1.60. The van der Waals surface area contributed by atoms with Crippen LogP contribution in [0.3, 0.4) is 0 Å². The molecule has 0 amide bonds. The summed E-state index contributed by atoms with van der Waals surface area (Å²) >= 11 is 0. The van der Waals surface area contributed by atoms with Gasteiger partial charge in [0.05, 0.1) is 5.69 Å². The van der Waals surface area contributed by atoms with Crippen LogP contribution in [0.25, 0.3) is 0 Å². The highest BCUT2D eigenvalue weighted by molar-refractivity contribution is 5.86. The first-order chi connectivity index (χ1) is 14.3. The molecule has 0 unspecified atom stereocenters. The van der Waals surface area contributed by atoms with Crippen LogP contribution in [0.1, 0.15) is 106 Å². The lowest BCUT2D eigenvalue weighted by Gasteiger charge is -2.26. The summed E-state index contributed by atoms with van der Waals surface area (Å²) in [6.07, 6.45) is 17.5. The van der Waals surface area contributed by atoms with Gasteiger partial charge in [-0.2, -0.15) is 0 Å². The van der Waals surface area contributed by atoms with Crippen molar-refractivity contribution in [3.63, 3.8) is 0 Å². The van der Waals surface area contributed by atoms with E-state index in [1.165, 1.54) is 88.2 Å². The Morgan fingerprint density at radius 1 is 0.724 bits per heavy atom. The van der Waals surface area contributed by atoms with Gasteiger partial charge in [-0.05, 0) is 66.8 Å². The molecule has 1 N–H and O–H groups in total. The molecule has 29 heavy (non-hydrogen) atoms. The normalized spacial score (nSPS) is 19.9. The summed E-state index contributed by atoms with van der Waals surface area (Å²) in [5.41, 5.74) is 4.44. The Balaban J connectivity index is 1.69. The number of rotatable bonds is 4. The number of hydrogen-bond donors (Lipinski definition) is 1. The van der Waals surface area contributed by atoms with Crippen molar-refractivity contribution in [2.45, 2.75) is 88.9 Å². The highest BCUT2D eigenvalue weighted by atomic mass is 16.3. The first-order valence-electron chi connectivity index (χ1n) is 11.8. The van der Waals surface area contributed by atoms with E-state index in [0.29, 0.717) is 17.6 Å². The first kappa shape index (κ1) is 20.2. The van der Waals surface area contributed by atoms with Gasteiger partial charge in [0.25, 0.3) is 0 Å². The number of aliphatic imine (C=N–C) groups is 1. The molecule has 0 radical (unpaired) electrons. The van der Waals surface area contributed by atoms with Gasteiger partial charge in [0.1, 0.15) is 5.75 Å². The number of phenolic OH excluding ortho intramolecular Hbond substituents is 1. The Labute approximate surface area is 176 Å². The molecule has 0 heterocycles. The van der Waals surface area contributed by atoms with E-state index in [4.69, 9.17) is 0 Å². The monoisotopic (exact) mass is 389 g/mol. The van der Waals surface area contributed by atoms with Crippen LogP contribution < -0.4 is 0 Å². The predicted octanol–water partition coefficient (Wildman–Crippen LogP) is 8.02. The molecule has 2 saturated carbocycles. The second kappa shape index (κ2) is 10.1. The molecule has 0 spiro atoms. The van der Waals surface area contributed by atoms with Gasteiger partial charge in [0, 0.05) is 11.8 Å². The molecule has 2 aromatic carbocycles. The minimum Gasteiger partial charge on any atom is -0.507 e. The smallest absolute Gasteiger partial charge is 0.127 e. The maximum Gasteiger partial charge on any atom is 0.127 e. The van der Waals surface area contributed by atoms with E-state index >= 15 is 0 Å². The second-order valence-electron chi connectivity index (χ2n) is 9.02. The lowest BCUT2D eigenvalue weighted by atomic mass is 9.79. The fourth-order valence-corrected chi connectivity index (χ4v) is 5.21. The van der Waals surface area contributed by atoms with Crippen LogP contribution in [0, 0.1) is 0 Å². The summed E-state index contributed by atoms with van der Waals surface area (Å²) in [5, 5.41) is 11.2. The zero-order chi connectivity index (χ0) is 19.9. The van der Waals surface area contributed by atoms with Crippen LogP contribution in [0.15, 0.2) is 47.5 Å². The molecular formula is C27H35NO. The van der Waals surface area contributed by atoms with Crippen molar-refractivity contribution in [1.29, 1.82) is 0 Å². The maximum atomic E-state index is 11.2. The summed E-state index contributed by atoms with van der Waals surface area (Å²) in [6, 6.07) is 14.6. The molecule has 2 aliphatic rings. The lowest BCUT2D eigenvalue weighted by Crippen LogP contribution is -2.09. The van der Waals surface area contributed by atoms with Gasteiger partial charge in [-0.15, -0.1) is 0 Å². The first-order valence-corrected chi connectivity index (χ1v) is 11.8. The van der Waals surface area contributed by atoms with E-state index in [-0.39, 0.29) is 0 Å². The molecule has 2 aromatic rings. The minimum absolute atomic E-state index is 0.467. The fourth-order valence-electron chi connectivity index (χ4n) is 5.21. The van der Waals surface area contributed by atoms with Crippen molar-refractivity contribution in [2.24, 2.45) is 4.99 Å². The van der Waals surface area contributed by atoms with Crippen LogP contribution in [0.2, 0.25) is 0 Å². The van der Waals surface area contributed by atoms with Crippen LogP contribution in [-0.2, 0) is 0 Å². The molecule has 0 aromatic heterocycles. The third-order valence-electron chi connectivity index (χ3n) is 6.92. The number of aromatic hydroxyl groups is 1. The third kappa shape index (κ3) is 5.29. The standard InChI is InChI=1S/C27H35NO/c29-27-24(20-28-25-16-10-5-11-17-25)18-23(21-12-8-4-9-13-21)19-26(27)22-14-6-2-1-3-7-15-22/h5,10-11,16-22,29H,1-4,6-9,12-15H2. The molecule has 0 saturated heterocycles. The molecule has 2 fully saturated rings. The SMILES string of the molecule is Oc1c(C=Nc2ccccc2)cc(C2CCCCC2)cc1C1CCCCCCC1. The quantitative estimate of drug-likeness (QED) is 0.528. The second-order valence-corrected chi connectivity index (χ2v) is 9.02. The molecule has 0 atom stereocenters. The molecule has 0 bridgehead atoms. The summed E-state index contributed by atoms with van der Waals surface area (Å²) in [7, 11) is 0. The van der Waals surface area contributed by atoms with Crippen molar-refractivity contribution < 1.29 is 5.11 Å². The van der Waals surface area contributed by atoms with Crippen molar-refractivity contribution in [3.05, 3.63) is 59.2 Å². The Kier molecular flexibility index (Phi) is 7.03. The van der Waals surface area contributed by atoms with Crippen LogP contribution in [0.5, 0.6) is 5.75 Å². The number of benzene rings is 2. The molecule has 2 nitrogen and oxygen atoms in total. The van der Waals surface area contributed by atoms with Crippen molar-refractivity contribution in [3.8, 4) is 5.75 Å². The van der Waals surface area contributed by atoms with Crippen LogP contribution in [0.4, 0.5) is 5.69 Å². The van der Waals surface area contributed by atoms with E-state index in [9.17, 15) is 5.11 Å². The third-order valence-corrected chi connectivity index (χ3v) is 6.92. The lowest BCUT2D eigenvalue weighted by molar-refractivity contribution is 0.419. The van der Waals surface area contributed by atoms with Gasteiger partial charge >= 0.3 is 0 Å². The van der Waals surface area contributed by atoms with E-state index in [1.54, 1.807) is 0 Å². The number of hydrogen-bond acceptors (Lipinski definition) is 2. The van der Waals surface area contributed by atoms with Gasteiger partial charge in [-0.3, -0.25) is 4.99 Å². The van der Waals surface area contributed by atoms with Crippen LogP contribution in [-0.4, -0.2) is 11.3 Å². The minimum atomic E-state index is 0.467. The van der Waals surface area contributed by atoms with Crippen molar-refractivity contribution >= 4 is 11.9 Å². The fraction of sp³-hybridized carbons (Fsp3) is 0.519. The predicted molar refractivity (Wildman–Crippen MR) is 123 cm³/mol. The maximum absolute atomic E-state index is 11.2. The van der Waals surface area contributed by atoms with Crippen LogP contribution >= 0.6 is 0 Å². The van der Waals surface area contributed by atoms with Gasteiger partial charge in [0.15, 0.2) is 0 Å². The largest absolute Gasteiger partial charge is 0.507 e. The highest BCUT2D eigenvalue weighted by Gasteiger charge is 2.23. The molecule has 2 aliphatic carbocycles. The topological polar surface area (TPSA) is 32.6 Å². The van der Waals surface area contributed by atoms with E-state index < -0.39 is 0 Å². The molecule has 2 heteroatoms. The molecule has 4 rings (SSSR count). The number of para-hydroxylation sites is 1. The van der Waals surface area contributed by atoms with E-state index in [1.807, 2.05) is 36.5 Å². The van der Waals surface area contributed by atoms with E-state index in [2.05, 4.69) is 17.1 Å². The van der Waals surface area contributed by atoms with Crippen molar-refractivity contribution in [1.82, 2.24) is 0 Å². The zero-order valence-corrected chi connectivity index (χ0v) is 17.7. The molecular weight excluding hydrogens is 354 g/mol. The Hall–Kier alpha value is -2.09. The Morgan fingerprint density at radius 3 is 2.00 bits per heavy atom. The number of phenols is 1. The Morgan fingerprint density at radius 2 is 1.31 bits per heavy atom. The van der Waals surface area contributed by atoms with Gasteiger partial charge in [0.2, 0.25) is 0 Å². The van der Waals surface area contributed by atoms with Crippen molar-refractivity contribution in [2.75, 3.05) is 0 Å². The average Bonchev–Trinajstić information content (AvgIpc) is 2.75. The molecule has 154 valence electrons. The van der Waals surface area contributed by atoms with E-state index in [0.717, 1.165) is 11.3 Å². The zero-order valence-electron chi connectivity index (χ0n) is 17.7. The summed E-state index contributed by atoms with van der Waals surface area (Å²) in [6.45, 7) is 0. The Bertz CT molecular complexity index is 797. The van der Waals surface area contributed by atoms with Gasteiger partial charge < -0.3 is 5.11 Å². The summed E-state index contributed by atoms with van der Waals surface area (Å²) < 4.78 is 0. The summed E-state index contributed by atoms with van der Waals surface area (Å²) in [4.78, 5) is 4.66. The highest BCUT2D eigenvalue weighted by Crippen LogP contribution is 2.41.